The summed E-state index contributed by atoms with van der Waals surface area (Å²) in [5, 5.41) is 12.7. The van der Waals surface area contributed by atoms with Crippen molar-refractivity contribution >= 4 is 79.8 Å². The van der Waals surface area contributed by atoms with Crippen LogP contribution in [0.1, 0.15) is 34.3 Å². The number of benzene rings is 6. The number of carboxylic acids is 1. The highest BCUT2D eigenvalue weighted by atomic mass is 32.2. The van der Waals surface area contributed by atoms with E-state index in [4.69, 9.17) is 4.42 Å². The molecule has 0 bridgehead atoms. The van der Waals surface area contributed by atoms with E-state index in [-0.39, 0.29) is 64.5 Å². The van der Waals surface area contributed by atoms with Gasteiger partial charge in [-0.25, -0.2) is 4.99 Å². The minimum absolute atomic E-state index is 0.00780. The normalized spacial score (nSPS) is 12.8. The molecule has 66 heavy (non-hydrogen) atoms. The molecule has 344 valence electrons. The SMILES string of the molecule is CN(CCCC(=O)O)C(=O)c1cc2ccccc2cc1-c1c2ccc(=[NH+]Cc3ccc(S(=O)(=O)O)cc3)c(S(=O)(=O)O)c-2oc2c(S(=O)(=O)O)c(NCc3ccccc3S(=O)(=O)O)ccc12. The Bertz CT molecular complexity index is 3610. The van der Waals surface area contributed by atoms with Crippen LogP contribution >= 0.6 is 0 Å². The van der Waals surface area contributed by atoms with E-state index in [9.17, 15) is 66.6 Å². The molecule has 0 atom stereocenters. The third kappa shape index (κ3) is 9.97. The van der Waals surface area contributed by atoms with E-state index in [0.29, 0.717) is 16.3 Å². The van der Waals surface area contributed by atoms with Crippen LogP contribution < -0.4 is 15.7 Å². The second kappa shape index (κ2) is 18.0. The van der Waals surface area contributed by atoms with Gasteiger partial charge in [0.1, 0.15) is 0 Å². The van der Waals surface area contributed by atoms with E-state index >= 15 is 0 Å². The van der Waals surface area contributed by atoms with Crippen LogP contribution in [0.25, 0.3) is 44.2 Å². The smallest absolute Gasteiger partial charge is 0.304 e. The van der Waals surface area contributed by atoms with Crippen LogP contribution in [0.15, 0.2) is 133 Å². The lowest BCUT2D eigenvalue weighted by Gasteiger charge is -2.23. The highest BCUT2D eigenvalue weighted by Gasteiger charge is 2.34. The van der Waals surface area contributed by atoms with E-state index in [1.54, 1.807) is 36.4 Å². The largest absolute Gasteiger partial charge is 0.481 e. The zero-order valence-electron chi connectivity index (χ0n) is 34.2. The van der Waals surface area contributed by atoms with Crippen molar-refractivity contribution in [3.8, 4) is 22.5 Å². The maximum Gasteiger partial charge on any atom is 0.304 e. The van der Waals surface area contributed by atoms with Gasteiger partial charge in [0.05, 0.1) is 15.5 Å². The van der Waals surface area contributed by atoms with Gasteiger partial charge in [0.15, 0.2) is 22.8 Å². The van der Waals surface area contributed by atoms with Gasteiger partial charge in [0.2, 0.25) is 10.3 Å². The Balaban J connectivity index is 1.57. The summed E-state index contributed by atoms with van der Waals surface area (Å²) in [7, 11) is -18.7. The van der Waals surface area contributed by atoms with Gasteiger partial charge >= 0.3 is 16.1 Å². The van der Waals surface area contributed by atoms with Crippen LogP contribution in [-0.4, -0.2) is 87.4 Å². The van der Waals surface area contributed by atoms with E-state index < -0.39 is 95.5 Å². The van der Waals surface area contributed by atoms with Crippen LogP contribution in [0, 0.1) is 0 Å². The fraction of sp³-hybridized carbons (Fsp3) is 0.140. The van der Waals surface area contributed by atoms with Crippen LogP contribution in [0.3, 0.4) is 0 Å². The number of carboxylic acid groups (broad SMARTS) is 1. The van der Waals surface area contributed by atoms with Gasteiger partial charge in [-0.3, -0.25) is 27.8 Å². The Morgan fingerprint density at radius 2 is 1.33 bits per heavy atom. The van der Waals surface area contributed by atoms with E-state index in [2.05, 4.69) is 10.3 Å². The molecular formula is C43H38N3O16S4+. The Morgan fingerprint density at radius 1 is 0.697 bits per heavy atom. The van der Waals surface area contributed by atoms with Gasteiger partial charge in [-0.15, -0.1) is 0 Å². The van der Waals surface area contributed by atoms with Crippen molar-refractivity contribution in [3.63, 3.8) is 0 Å². The molecular weight excluding hydrogens is 943 g/mol. The van der Waals surface area contributed by atoms with Crippen molar-refractivity contribution in [2.75, 3.05) is 18.9 Å². The molecule has 0 saturated carbocycles. The standard InChI is InChI=1S/C43H37N3O16S4/c1-46(20-6-11-37(47)48)43(49)33-22-27-8-3-2-7-26(27)21-32(33)38-30-16-18-34(44-23-25-12-14-29(15-13-25)63(50,51)52)41(65(56,57)58)39(30)62-40-31(38)17-19-35(42(40)66(59,60)61)45-24-28-9-4-5-10-36(28)64(53,54)55/h2-5,7-10,12-19,21-22,45H,6,11,20,23-24H2,1H3,(H,47,48)(H,50,51,52)(H,53,54,55)(H,56,57,58)(H,59,60,61)/p+1. The minimum atomic E-state index is -5.42. The molecule has 1 amide bonds. The van der Waals surface area contributed by atoms with Crippen molar-refractivity contribution in [2.45, 2.75) is 45.5 Å². The van der Waals surface area contributed by atoms with E-state index in [0.717, 1.165) is 18.2 Å². The lowest BCUT2D eigenvalue weighted by Crippen LogP contribution is -2.75. The number of hydrogen-bond donors (Lipinski definition) is 7. The summed E-state index contributed by atoms with van der Waals surface area (Å²) in [4.78, 5) is 27.0. The summed E-state index contributed by atoms with van der Waals surface area (Å²) in [5.74, 6) is -2.38. The van der Waals surface area contributed by atoms with Crippen molar-refractivity contribution in [3.05, 3.63) is 131 Å². The number of aliphatic carboxylic acids is 1. The molecule has 0 aromatic heterocycles. The second-order valence-corrected chi connectivity index (χ2v) is 20.5. The molecule has 23 heteroatoms. The Kier molecular flexibility index (Phi) is 12.9. The van der Waals surface area contributed by atoms with Crippen LogP contribution in [-0.2, 0) is 58.4 Å². The molecule has 1 aliphatic heterocycles. The number of nitrogens with zero attached hydrogens (tertiary/aromatic N) is 1. The highest BCUT2D eigenvalue weighted by molar-refractivity contribution is 7.86. The van der Waals surface area contributed by atoms with Gasteiger partial charge in [-0.2, -0.15) is 33.7 Å². The first kappa shape index (κ1) is 47.4. The van der Waals surface area contributed by atoms with Crippen LogP contribution in [0.5, 0.6) is 0 Å². The summed E-state index contributed by atoms with van der Waals surface area (Å²) in [6, 6.07) is 25.2. The summed E-state index contributed by atoms with van der Waals surface area (Å²) in [6.07, 6.45) is -0.171. The fourth-order valence-electron chi connectivity index (χ4n) is 7.52. The van der Waals surface area contributed by atoms with Gasteiger partial charge < -0.3 is 19.7 Å². The molecule has 0 radical (unpaired) electrons. The van der Waals surface area contributed by atoms with E-state index in [1.807, 2.05) is 0 Å². The third-order valence-electron chi connectivity index (χ3n) is 10.5. The number of hydrogen-bond acceptors (Lipinski definition) is 12. The molecule has 7 N–H and O–H groups in total. The molecule has 0 fully saturated rings. The molecule has 19 nitrogen and oxygen atoms in total. The quantitative estimate of drug-likeness (QED) is 0.0562. The molecule has 7 rings (SSSR count). The molecule has 0 unspecified atom stereocenters. The fourth-order valence-corrected chi connectivity index (χ4v) is 10.3. The third-order valence-corrected chi connectivity index (χ3v) is 14.2. The molecule has 5 aromatic carbocycles. The predicted octanol–water partition coefficient (Wildman–Crippen LogP) is 4.08. The lowest BCUT2D eigenvalue weighted by atomic mass is 9.88. The Labute approximate surface area is 377 Å². The van der Waals surface area contributed by atoms with Crippen LogP contribution in [0.4, 0.5) is 5.69 Å². The summed E-state index contributed by atoms with van der Waals surface area (Å²) in [5.41, 5.74) is -0.801. The maximum absolute atomic E-state index is 14.5. The summed E-state index contributed by atoms with van der Waals surface area (Å²) in [6.45, 7) is -0.684. The molecule has 0 spiro atoms. The van der Waals surface area contributed by atoms with Crippen molar-refractivity contribution in [1.82, 2.24) is 4.90 Å². The number of nitrogens with one attached hydrogen (secondary N) is 2. The molecule has 1 aliphatic carbocycles. The molecule has 2 aliphatic rings. The monoisotopic (exact) mass is 980 g/mol. The first-order valence-electron chi connectivity index (χ1n) is 19.4. The van der Waals surface area contributed by atoms with Gasteiger partial charge in [0.25, 0.3) is 36.3 Å². The van der Waals surface area contributed by atoms with E-state index in [1.165, 1.54) is 66.5 Å². The Hall–Kier alpha value is -6.57. The van der Waals surface area contributed by atoms with Gasteiger partial charge in [0, 0.05) is 60.3 Å². The first-order valence-corrected chi connectivity index (χ1v) is 25.1. The number of carbonyl (C=O) groups excluding carboxylic acids is 1. The number of carbonyl (C=O) groups is 2. The van der Waals surface area contributed by atoms with Gasteiger partial charge in [-0.1, -0.05) is 54.6 Å². The number of fused-ring (bicyclic) bond motifs is 3. The van der Waals surface area contributed by atoms with Crippen molar-refractivity contribution < 1.29 is 76.0 Å². The lowest BCUT2D eigenvalue weighted by molar-refractivity contribution is -0.520. The predicted molar refractivity (Wildman–Crippen MR) is 237 cm³/mol. The Morgan fingerprint density at radius 3 is 1.95 bits per heavy atom. The number of rotatable bonds is 15. The average Bonchev–Trinajstić information content (AvgIpc) is 3.24. The zero-order valence-corrected chi connectivity index (χ0v) is 37.5. The van der Waals surface area contributed by atoms with Crippen molar-refractivity contribution in [2.24, 2.45) is 0 Å². The second-order valence-electron chi connectivity index (χ2n) is 14.9. The van der Waals surface area contributed by atoms with Crippen LogP contribution in [0.2, 0.25) is 0 Å². The topological polar surface area (TPSA) is 314 Å². The molecule has 0 saturated heterocycles. The summed E-state index contributed by atoms with van der Waals surface area (Å²) >= 11 is 0. The summed E-state index contributed by atoms with van der Waals surface area (Å²) < 4.78 is 149. The van der Waals surface area contributed by atoms with Crippen molar-refractivity contribution in [1.29, 1.82) is 0 Å². The minimum Gasteiger partial charge on any atom is -0.481 e. The number of amides is 1. The zero-order chi connectivity index (χ0) is 47.9. The highest BCUT2D eigenvalue weighted by Crippen LogP contribution is 2.47. The molecule has 5 aromatic rings. The maximum atomic E-state index is 14.5. The number of anilines is 1. The first-order chi connectivity index (χ1) is 30.9. The average molecular weight is 981 g/mol. The molecule has 1 heterocycles. The van der Waals surface area contributed by atoms with Gasteiger partial charge in [-0.05, 0) is 76.9 Å².